The van der Waals surface area contributed by atoms with E-state index >= 15 is 0 Å². The monoisotopic (exact) mass is 236 g/mol. The fourth-order valence-corrected chi connectivity index (χ4v) is 2.49. The predicted molar refractivity (Wildman–Crippen MR) is 65.4 cm³/mol. The van der Waals surface area contributed by atoms with E-state index in [4.69, 9.17) is 0 Å². The van der Waals surface area contributed by atoms with Crippen LogP contribution in [0.25, 0.3) is 0 Å². The normalized spacial score (nSPS) is 38.2. The number of hydrogen-bond donors (Lipinski definition) is 0. The summed E-state index contributed by atoms with van der Waals surface area (Å²) in [5, 5.41) is 0. The second-order valence-electron chi connectivity index (χ2n) is 4.28. The van der Waals surface area contributed by atoms with Gasteiger partial charge in [-0.3, -0.25) is 9.80 Å². The summed E-state index contributed by atoms with van der Waals surface area (Å²) in [6.07, 6.45) is 0. The molecule has 2 fully saturated rings. The summed E-state index contributed by atoms with van der Waals surface area (Å²) < 4.78 is 27.8. The molecule has 0 spiro atoms. The van der Waals surface area contributed by atoms with Gasteiger partial charge in [0.2, 0.25) is 0 Å². The van der Waals surface area contributed by atoms with Gasteiger partial charge in [-0.2, -0.15) is 0 Å². The molecule has 2 aliphatic heterocycles. The number of fused-ring (bicyclic) bond motifs is 1. The molecule has 0 N–H and O–H groups in total. The minimum absolute atomic E-state index is 0.230. The molecular formula is C12H26F2N2. The first-order valence-corrected chi connectivity index (χ1v) is 6.20. The Morgan fingerprint density at radius 1 is 0.688 bits per heavy atom. The van der Waals surface area contributed by atoms with E-state index in [1.807, 2.05) is 27.7 Å². The third kappa shape index (κ3) is 2.72. The molecule has 0 aromatic heterocycles. The fraction of sp³-hybridized carbons (Fsp3) is 1.00. The van der Waals surface area contributed by atoms with Crippen molar-refractivity contribution >= 4 is 0 Å². The van der Waals surface area contributed by atoms with Gasteiger partial charge in [-0.25, -0.2) is 8.78 Å². The largest absolute Gasteiger partial charge is 0.300 e. The van der Waals surface area contributed by atoms with Crippen LogP contribution in [0, 0.1) is 0 Å². The van der Waals surface area contributed by atoms with Crippen molar-refractivity contribution in [3.8, 4) is 0 Å². The summed E-state index contributed by atoms with van der Waals surface area (Å²) in [6.45, 7) is 8.92. The lowest BCUT2D eigenvalue weighted by atomic mass is 9.94. The SMILES string of the molecule is CC.CC.CN1CC2(F)CN(C)CC2(F)C1. The molecule has 2 saturated heterocycles. The molecule has 4 heteroatoms. The van der Waals surface area contributed by atoms with Gasteiger partial charge in [0.25, 0.3) is 0 Å². The van der Waals surface area contributed by atoms with Crippen LogP contribution in [0.2, 0.25) is 0 Å². The Kier molecular flexibility index (Phi) is 5.84. The zero-order valence-electron chi connectivity index (χ0n) is 11.5. The molecule has 0 saturated carbocycles. The van der Waals surface area contributed by atoms with Gasteiger partial charge in [0.1, 0.15) is 0 Å². The highest BCUT2D eigenvalue weighted by Gasteiger charge is 2.63. The molecule has 98 valence electrons. The molecule has 0 amide bonds. The second-order valence-corrected chi connectivity index (χ2v) is 4.28. The minimum Gasteiger partial charge on any atom is -0.300 e. The number of alkyl halides is 2. The van der Waals surface area contributed by atoms with Crippen molar-refractivity contribution in [2.75, 3.05) is 40.3 Å². The van der Waals surface area contributed by atoms with Crippen molar-refractivity contribution in [2.24, 2.45) is 0 Å². The predicted octanol–water partition coefficient (Wildman–Crippen LogP) is 2.35. The van der Waals surface area contributed by atoms with Crippen molar-refractivity contribution in [1.29, 1.82) is 0 Å². The molecule has 0 radical (unpaired) electrons. The molecule has 0 aromatic carbocycles. The minimum atomic E-state index is -1.63. The lowest BCUT2D eigenvalue weighted by Gasteiger charge is -2.22. The third-order valence-corrected chi connectivity index (χ3v) is 2.89. The molecule has 2 nitrogen and oxygen atoms in total. The smallest absolute Gasteiger partial charge is 0.172 e. The maximum atomic E-state index is 13.9. The Morgan fingerprint density at radius 2 is 0.875 bits per heavy atom. The maximum absolute atomic E-state index is 13.9. The van der Waals surface area contributed by atoms with Crippen LogP contribution < -0.4 is 0 Å². The maximum Gasteiger partial charge on any atom is 0.172 e. The first kappa shape index (κ1) is 15.8. The highest BCUT2D eigenvalue weighted by atomic mass is 19.2. The van der Waals surface area contributed by atoms with Crippen LogP contribution in [-0.4, -0.2) is 61.4 Å². The van der Waals surface area contributed by atoms with Crippen LogP contribution in [0.4, 0.5) is 8.78 Å². The Hall–Kier alpha value is -0.220. The Morgan fingerprint density at radius 3 is 1.06 bits per heavy atom. The molecular weight excluding hydrogens is 210 g/mol. The van der Waals surface area contributed by atoms with Gasteiger partial charge in [0.05, 0.1) is 0 Å². The van der Waals surface area contributed by atoms with Gasteiger partial charge in [0.15, 0.2) is 11.3 Å². The average molecular weight is 236 g/mol. The molecule has 16 heavy (non-hydrogen) atoms. The Labute approximate surface area is 98.6 Å². The average Bonchev–Trinajstić information content (AvgIpc) is 2.53. The van der Waals surface area contributed by atoms with Crippen molar-refractivity contribution in [1.82, 2.24) is 9.80 Å². The number of rotatable bonds is 0. The van der Waals surface area contributed by atoms with E-state index in [0.29, 0.717) is 0 Å². The standard InChI is InChI=1S/C8H14F2N2.2C2H6/c1-11-3-7(9)5-12(2)6-8(7,10)4-11;2*1-2/h3-6H2,1-2H3;2*1-2H3. The molecule has 0 unspecified atom stereocenters. The molecule has 0 aliphatic carbocycles. The second kappa shape index (κ2) is 5.92. The van der Waals surface area contributed by atoms with Crippen LogP contribution in [0.5, 0.6) is 0 Å². The Balaban J connectivity index is 0.000000509. The van der Waals surface area contributed by atoms with E-state index in [1.54, 1.807) is 23.9 Å². The highest BCUT2D eigenvalue weighted by Crippen LogP contribution is 2.43. The molecule has 2 heterocycles. The summed E-state index contributed by atoms with van der Waals surface area (Å²) in [4.78, 5) is 3.46. The van der Waals surface area contributed by atoms with Gasteiger partial charge >= 0.3 is 0 Å². The molecule has 2 aliphatic rings. The van der Waals surface area contributed by atoms with Gasteiger partial charge < -0.3 is 0 Å². The number of likely N-dealkylation sites (tertiary alicyclic amines) is 2. The molecule has 0 atom stereocenters. The van der Waals surface area contributed by atoms with Crippen molar-refractivity contribution in [2.45, 2.75) is 39.0 Å². The van der Waals surface area contributed by atoms with E-state index in [0.717, 1.165) is 0 Å². The third-order valence-electron chi connectivity index (χ3n) is 2.89. The van der Waals surface area contributed by atoms with Crippen LogP contribution in [0.3, 0.4) is 0 Å². The highest BCUT2D eigenvalue weighted by molar-refractivity contribution is 5.16. The van der Waals surface area contributed by atoms with E-state index < -0.39 is 11.3 Å². The van der Waals surface area contributed by atoms with E-state index in [2.05, 4.69) is 0 Å². The number of hydrogen-bond acceptors (Lipinski definition) is 2. The zero-order valence-corrected chi connectivity index (χ0v) is 11.5. The van der Waals surface area contributed by atoms with Gasteiger partial charge in [-0.15, -0.1) is 0 Å². The number of halogens is 2. The van der Waals surface area contributed by atoms with Crippen LogP contribution >= 0.6 is 0 Å². The zero-order chi connectivity index (χ0) is 13.0. The van der Waals surface area contributed by atoms with E-state index in [1.165, 1.54) is 0 Å². The summed E-state index contributed by atoms with van der Waals surface area (Å²) in [5.41, 5.74) is -3.26. The van der Waals surface area contributed by atoms with Crippen LogP contribution in [0.15, 0.2) is 0 Å². The summed E-state index contributed by atoms with van der Waals surface area (Å²) in [7, 11) is 3.53. The fourth-order valence-electron chi connectivity index (χ4n) is 2.49. The van der Waals surface area contributed by atoms with Gasteiger partial charge in [0, 0.05) is 26.2 Å². The van der Waals surface area contributed by atoms with Crippen molar-refractivity contribution < 1.29 is 8.78 Å². The van der Waals surface area contributed by atoms with Crippen molar-refractivity contribution in [3.63, 3.8) is 0 Å². The summed E-state index contributed by atoms with van der Waals surface area (Å²) in [6, 6.07) is 0. The molecule has 0 bridgehead atoms. The van der Waals surface area contributed by atoms with Gasteiger partial charge in [-0.05, 0) is 14.1 Å². The van der Waals surface area contributed by atoms with Gasteiger partial charge in [-0.1, -0.05) is 27.7 Å². The van der Waals surface area contributed by atoms with E-state index in [-0.39, 0.29) is 26.2 Å². The van der Waals surface area contributed by atoms with E-state index in [9.17, 15) is 8.78 Å². The lowest BCUT2D eigenvalue weighted by Crippen LogP contribution is -2.44. The van der Waals surface area contributed by atoms with Crippen LogP contribution in [-0.2, 0) is 0 Å². The lowest BCUT2D eigenvalue weighted by molar-refractivity contribution is 0.0491. The molecule has 2 rings (SSSR count). The molecule has 0 aromatic rings. The van der Waals surface area contributed by atoms with Crippen molar-refractivity contribution in [3.05, 3.63) is 0 Å². The number of nitrogens with zero attached hydrogens (tertiary/aromatic N) is 2. The quantitative estimate of drug-likeness (QED) is 0.637. The first-order valence-electron chi connectivity index (χ1n) is 6.20. The first-order chi connectivity index (χ1) is 7.45. The summed E-state index contributed by atoms with van der Waals surface area (Å²) >= 11 is 0. The van der Waals surface area contributed by atoms with Crippen LogP contribution in [0.1, 0.15) is 27.7 Å². The summed E-state index contributed by atoms with van der Waals surface area (Å²) in [5.74, 6) is 0. The topological polar surface area (TPSA) is 6.48 Å². The Bertz CT molecular complexity index is 175.